The van der Waals surface area contributed by atoms with Gasteiger partial charge in [-0.05, 0) is 45.1 Å². The molecule has 2 rings (SSSR count). The topological polar surface area (TPSA) is 55.6 Å². The monoisotopic (exact) mass is 268 g/mol. The van der Waals surface area contributed by atoms with Gasteiger partial charge in [-0.15, -0.1) is 0 Å². The third kappa shape index (κ3) is 3.29. The van der Waals surface area contributed by atoms with Gasteiger partial charge >= 0.3 is 5.97 Å². The zero-order valence-corrected chi connectivity index (χ0v) is 12.4. The lowest BCUT2D eigenvalue weighted by molar-refractivity contribution is -0.151. The first-order valence-electron chi connectivity index (χ1n) is 7.82. The van der Waals surface area contributed by atoms with E-state index in [1.807, 2.05) is 6.92 Å². The van der Waals surface area contributed by atoms with Crippen molar-refractivity contribution in [2.45, 2.75) is 64.0 Å². The fraction of sp³-hybridized carbons (Fsp3) is 0.933. The van der Waals surface area contributed by atoms with Crippen molar-refractivity contribution in [3.63, 3.8) is 0 Å². The van der Waals surface area contributed by atoms with Crippen LogP contribution in [0.3, 0.4) is 0 Å². The molecule has 0 radical (unpaired) electrons. The Morgan fingerprint density at radius 1 is 1.26 bits per heavy atom. The van der Waals surface area contributed by atoms with E-state index in [2.05, 4.69) is 11.8 Å². The summed E-state index contributed by atoms with van der Waals surface area (Å²) in [7, 11) is 0. The third-order valence-corrected chi connectivity index (χ3v) is 4.67. The summed E-state index contributed by atoms with van der Waals surface area (Å²) in [5.41, 5.74) is 5.68. The quantitative estimate of drug-likeness (QED) is 0.717. The predicted molar refractivity (Wildman–Crippen MR) is 75.8 cm³/mol. The summed E-state index contributed by atoms with van der Waals surface area (Å²) in [6, 6.07) is 0.612. The summed E-state index contributed by atoms with van der Waals surface area (Å²) in [6.07, 6.45) is 7.24. The van der Waals surface area contributed by atoms with Crippen molar-refractivity contribution in [3.05, 3.63) is 0 Å². The Hall–Kier alpha value is -0.610. The largest absolute Gasteiger partial charge is 0.465 e. The minimum Gasteiger partial charge on any atom is -0.465 e. The van der Waals surface area contributed by atoms with E-state index in [1.165, 1.54) is 25.7 Å². The van der Waals surface area contributed by atoms with Gasteiger partial charge in [0.05, 0.1) is 6.61 Å². The minimum atomic E-state index is -0.783. The molecular formula is C15H28N2O2. The molecule has 0 bridgehead atoms. The van der Waals surface area contributed by atoms with Crippen LogP contribution in [-0.4, -0.2) is 42.1 Å². The van der Waals surface area contributed by atoms with E-state index in [1.54, 1.807) is 0 Å². The lowest BCUT2D eigenvalue weighted by Crippen LogP contribution is -2.59. The maximum absolute atomic E-state index is 12.2. The number of nitrogens with zero attached hydrogens (tertiary/aromatic N) is 1. The van der Waals surface area contributed by atoms with E-state index in [-0.39, 0.29) is 5.97 Å². The highest BCUT2D eigenvalue weighted by atomic mass is 16.5. The molecule has 19 heavy (non-hydrogen) atoms. The second-order valence-electron chi connectivity index (χ2n) is 6.04. The number of carbonyl (C=O) groups excluding carboxylic acids is 1. The van der Waals surface area contributed by atoms with Gasteiger partial charge in [-0.2, -0.15) is 0 Å². The molecule has 1 unspecified atom stereocenters. The van der Waals surface area contributed by atoms with E-state index >= 15 is 0 Å². The van der Waals surface area contributed by atoms with Crippen molar-refractivity contribution in [1.82, 2.24) is 4.90 Å². The van der Waals surface area contributed by atoms with Crippen LogP contribution in [-0.2, 0) is 9.53 Å². The molecule has 4 nitrogen and oxygen atoms in total. The van der Waals surface area contributed by atoms with Gasteiger partial charge in [-0.3, -0.25) is 4.90 Å². The Bertz CT molecular complexity index is 311. The maximum atomic E-state index is 12.2. The normalized spacial score (nSPS) is 23.6. The number of rotatable bonds is 7. The predicted octanol–water partition coefficient (Wildman–Crippen LogP) is 1.92. The van der Waals surface area contributed by atoms with E-state index in [0.29, 0.717) is 25.1 Å². The minimum absolute atomic E-state index is 0.200. The summed E-state index contributed by atoms with van der Waals surface area (Å²) in [5.74, 6) is 0.121. The molecule has 0 amide bonds. The van der Waals surface area contributed by atoms with Crippen LogP contribution < -0.4 is 5.73 Å². The van der Waals surface area contributed by atoms with Crippen LogP contribution in [0.4, 0.5) is 0 Å². The second-order valence-corrected chi connectivity index (χ2v) is 6.04. The van der Waals surface area contributed by atoms with E-state index in [4.69, 9.17) is 10.5 Å². The highest BCUT2D eigenvalue weighted by Gasteiger charge is 2.50. The number of esters is 1. The first-order chi connectivity index (χ1) is 9.11. The zero-order chi connectivity index (χ0) is 13.9. The lowest BCUT2D eigenvalue weighted by Gasteiger charge is -2.36. The van der Waals surface area contributed by atoms with Crippen molar-refractivity contribution in [2.24, 2.45) is 11.7 Å². The average Bonchev–Trinajstić information content (AvgIpc) is 3.13. The van der Waals surface area contributed by atoms with E-state index in [9.17, 15) is 4.79 Å². The number of hydrogen-bond donors (Lipinski definition) is 1. The van der Waals surface area contributed by atoms with Crippen LogP contribution in [0.15, 0.2) is 0 Å². The summed E-state index contributed by atoms with van der Waals surface area (Å²) in [4.78, 5) is 14.6. The summed E-state index contributed by atoms with van der Waals surface area (Å²) in [6.45, 7) is 6.06. The number of hydrogen-bond acceptors (Lipinski definition) is 4. The molecule has 4 heteroatoms. The number of likely N-dealkylation sites (N-methyl/N-ethyl adjacent to an activating group) is 1. The SMILES string of the molecule is CCOC(=O)C(N)(CN(CC)C1CCCC1)C1CC1. The van der Waals surface area contributed by atoms with Gasteiger partial charge in [-0.1, -0.05) is 19.8 Å². The zero-order valence-electron chi connectivity index (χ0n) is 12.4. The molecule has 2 N–H and O–H groups in total. The molecule has 0 saturated heterocycles. The van der Waals surface area contributed by atoms with Gasteiger partial charge in [0.25, 0.3) is 0 Å². The maximum Gasteiger partial charge on any atom is 0.327 e. The van der Waals surface area contributed by atoms with Gasteiger partial charge in [0, 0.05) is 12.6 Å². The average molecular weight is 268 g/mol. The fourth-order valence-corrected chi connectivity index (χ4v) is 3.33. The molecule has 0 aromatic heterocycles. The van der Waals surface area contributed by atoms with Gasteiger partial charge < -0.3 is 10.5 Å². The standard InChI is InChI=1S/C15H28N2O2/c1-3-17(13-7-5-6-8-13)11-15(16,12-9-10-12)14(18)19-4-2/h12-13H,3-11,16H2,1-2H3. The highest BCUT2D eigenvalue weighted by molar-refractivity contribution is 5.82. The Labute approximate surface area is 116 Å². The first-order valence-corrected chi connectivity index (χ1v) is 7.82. The van der Waals surface area contributed by atoms with E-state index < -0.39 is 5.54 Å². The van der Waals surface area contributed by atoms with Gasteiger partial charge in [0.15, 0.2) is 0 Å². The Balaban J connectivity index is 2.03. The Morgan fingerprint density at radius 2 is 1.89 bits per heavy atom. The van der Waals surface area contributed by atoms with Crippen molar-refractivity contribution in [1.29, 1.82) is 0 Å². The Kier molecular flexibility index (Phi) is 4.85. The summed E-state index contributed by atoms with van der Waals surface area (Å²) in [5, 5.41) is 0. The van der Waals surface area contributed by atoms with Crippen molar-refractivity contribution >= 4 is 5.97 Å². The summed E-state index contributed by atoms with van der Waals surface area (Å²) >= 11 is 0. The van der Waals surface area contributed by atoms with Crippen LogP contribution in [0.1, 0.15) is 52.4 Å². The molecule has 0 aliphatic heterocycles. The molecule has 2 aliphatic carbocycles. The first kappa shape index (κ1) is 14.8. The van der Waals surface area contributed by atoms with Crippen LogP contribution in [0.25, 0.3) is 0 Å². The molecule has 0 spiro atoms. The fourth-order valence-electron chi connectivity index (χ4n) is 3.33. The van der Waals surface area contributed by atoms with Gasteiger partial charge in [0.1, 0.15) is 5.54 Å². The highest BCUT2D eigenvalue weighted by Crippen LogP contribution is 2.40. The summed E-state index contributed by atoms with van der Waals surface area (Å²) < 4.78 is 5.23. The molecule has 2 aliphatic rings. The molecule has 2 fully saturated rings. The van der Waals surface area contributed by atoms with Gasteiger partial charge in [-0.25, -0.2) is 4.79 Å². The molecule has 0 heterocycles. The van der Waals surface area contributed by atoms with E-state index in [0.717, 1.165) is 19.4 Å². The van der Waals surface area contributed by atoms with Crippen molar-refractivity contribution in [3.8, 4) is 0 Å². The molecular weight excluding hydrogens is 240 g/mol. The lowest BCUT2D eigenvalue weighted by atomic mass is 9.93. The van der Waals surface area contributed by atoms with Crippen molar-refractivity contribution < 1.29 is 9.53 Å². The number of ether oxygens (including phenoxy) is 1. The second kappa shape index (κ2) is 6.23. The van der Waals surface area contributed by atoms with Crippen LogP contribution in [0, 0.1) is 5.92 Å². The van der Waals surface area contributed by atoms with Crippen molar-refractivity contribution in [2.75, 3.05) is 19.7 Å². The molecule has 0 aromatic rings. The Morgan fingerprint density at radius 3 is 2.37 bits per heavy atom. The smallest absolute Gasteiger partial charge is 0.327 e. The van der Waals surface area contributed by atoms with Crippen LogP contribution in [0.5, 0.6) is 0 Å². The molecule has 2 saturated carbocycles. The third-order valence-electron chi connectivity index (χ3n) is 4.67. The molecule has 1 atom stereocenters. The number of nitrogens with two attached hydrogens (primary N) is 1. The van der Waals surface area contributed by atoms with Crippen LogP contribution in [0.2, 0.25) is 0 Å². The molecule has 110 valence electrons. The number of carbonyl (C=O) groups is 1. The van der Waals surface area contributed by atoms with Gasteiger partial charge in [0.2, 0.25) is 0 Å². The van der Waals surface area contributed by atoms with Crippen LogP contribution >= 0.6 is 0 Å². The molecule has 0 aromatic carbocycles.